The third-order valence-corrected chi connectivity index (χ3v) is 2.91. The molecule has 16 heavy (non-hydrogen) atoms. The largest absolute Gasteiger partial charge is 0.396 e. The molecule has 2 N–H and O–H groups in total. The van der Waals surface area contributed by atoms with Gasteiger partial charge in [0.05, 0.1) is 5.69 Å². The fourth-order valence-corrected chi connectivity index (χ4v) is 1.66. The van der Waals surface area contributed by atoms with Crippen molar-refractivity contribution in [1.82, 2.24) is 0 Å². The molecule has 0 atom stereocenters. The third-order valence-electron chi connectivity index (χ3n) is 2.51. The summed E-state index contributed by atoms with van der Waals surface area (Å²) in [4.78, 5) is 0. The summed E-state index contributed by atoms with van der Waals surface area (Å²) in [6.45, 7) is 1.93. The molecular formula is C13H11ClFN. The smallest absolute Gasteiger partial charge is 0.146 e. The van der Waals surface area contributed by atoms with E-state index in [2.05, 4.69) is 0 Å². The normalized spacial score (nSPS) is 10.4. The van der Waals surface area contributed by atoms with Crippen LogP contribution in [0.3, 0.4) is 0 Å². The van der Waals surface area contributed by atoms with E-state index in [4.69, 9.17) is 17.3 Å². The molecule has 3 heteroatoms. The zero-order valence-electron chi connectivity index (χ0n) is 8.80. The average molecular weight is 236 g/mol. The topological polar surface area (TPSA) is 26.0 Å². The average Bonchev–Trinajstić information content (AvgIpc) is 2.26. The first kappa shape index (κ1) is 11.0. The molecule has 0 bridgehead atoms. The first-order chi connectivity index (χ1) is 7.58. The highest BCUT2D eigenvalue weighted by Crippen LogP contribution is 2.27. The maximum absolute atomic E-state index is 13.3. The van der Waals surface area contributed by atoms with Gasteiger partial charge in [0.1, 0.15) is 5.82 Å². The van der Waals surface area contributed by atoms with Crippen LogP contribution in [-0.2, 0) is 0 Å². The molecule has 0 unspecified atom stereocenters. The Labute approximate surface area is 98.7 Å². The highest BCUT2D eigenvalue weighted by atomic mass is 35.5. The molecule has 0 heterocycles. The van der Waals surface area contributed by atoms with Gasteiger partial charge in [-0.25, -0.2) is 4.39 Å². The predicted octanol–water partition coefficient (Wildman–Crippen LogP) is 4.04. The Morgan fingerprint density at radius 2 is 1.69 bits per heavy atom. The molecule has 82 valence electrons. The van der Waals surface area contributed by atoms with E-state index in [1.807, 2.05) is 25.1 Å². The lowest BCUT2D eigenvalue weighted by atomic mass is 10.0. The first-order valence-electron chi connectivity index (χ1n) is 4.89. The fourth-order valence-electron chi connectivity index (χ4n) is 1.48. The number of hydrogen-bond donors (Lipinski definition) is 1. The quantitative estimate of drug-likeness (QED) is 0.742. The van der Waals surface area contributed by atoms with Crippen molar-refractivity contribution in [3.63, 3.8) is 0 Å². The lowest BCUT2D eigenvalue weighted by molar-refractivity contribution is 0.633. The number of benzene rings is 2. The lowest BCUT2D eigenvalue weighted by Gasteiger charge is -2.05. The Balaban J connectivity index is 2.50. The maximum Gasteiger partial charge on any atom is 0.146 e. The maximum atomic E-state index is 13.3. The lowest BCUT2D eigenvalue weighted by Crippen LogP contribution is -1.90. The van der Waals surface area contributed by atoms with Crippen LogP contribution in [0.2, 0.25) is 5.02 Å². The molecule has 0 aromatic heterocycles. The van der Waals surface area contributed by atoms with Crippen molar-refractivity contribution >= 4 is 17.3 Å². The summed E-state index contributed by atoms with van der Waals surface area (Å²) >= 11 is 6.02. The van der Waals surface area contributed by atoms with Crippen LogP contribution < -0.4 is 5.73 Å². The molecule has 0 radical (unpaired) electrons. The standard InChI is InChI=1S/C13H11ClFN/c1-8-2-3-9(6-11(8)14)10-4-5-13(16)12(15)7-10/h2-7H,16H2,1H3. The summed E-state index contributed by atoms with van der Waals surface area (Å²) < 4.78 is 13.3. The molecule has 0 amide bonds. The van der Waals surface area contributed by atoms with Crippen molar-refractivity contribution in [1.29, 1.82) is 0 Å². The van der Waals surface area contributed by atoms with E-state index in [0.29, 0.717) is 5.02 Å². The Morgan fingerprint density at radius 1 is 1.06 bits per heavy atom. The minimum atomic E-state index is -0.408. The number of rotatable bonds is 1. The minimum Gasteiger partial charge on any atom is -0.396 e. The van der Waals surface area contributed by atoms with Gasteiger partial charge in [0, 0.05) is 5.02 Å². The van der Waals surface area contributed by atoms with Gasteiger partial charge in [0.15, 0.2) is 0 Å². The Bertz CT molecular complexity index is 488. The van der Waals surface area contributed by atoms with Gasteiger partial charge in [0.25, 0.3) is 0 Å². The third kappa shape index (κ3) is 2.02. The van der Waals surface area contributed by atoms with E-state index < -0.39 is 5.82 Å². The Morgan fingerprint density at radius 3 is 2.31 bits per heavy atom. The van der Waals surface area contributed by atoms with E-state index in [1.165, 1.54) is 6.07 Å². The van der Waals surface area contributed by atoms with Gasteiger partial charge in [-0.15, -0.1) is 0 Å². The molecule has 0 saturated carbocycles. The van der Waals surface area contributed by atoms with Crippen molar-refractivity contribution < 1.29 is 4.39 Å². The van der Waals surface area contributed by atoms with Gasteiger partial charge in [-0.05, 0) is 41.8 Å². The van der Waals surface area contributed by atoms with Crippen molar-refractivity contribution in [2.24, 2.45) is 0 Å². The predicted molar refractivity (Wildman–Crippen MR) is 66.0 cm³/mol. The van der Waals surface area contributed by atoms with Crippen LogP contribution in [0.15, 0.2) is 36.4 Å². The SMILES string of the molecule is Cc1ccc(-c2ccc(N)c(F)c2)cc1Cl. The van der Waals surface area contributed by atoms with Gasteiger partial charge in [-0.3, -0.25) is 0 Å². The molecule has 0 aliphatic heterocycles. The second-order valence-electron chi connectivity index (χ2n) is 3.70. The molecule has 0 fully saturated rings. The van der Waals surface area contributed by atoms with Gasteiger partial charge >= 0.3 is 0 Å². The Hall–Kier alpha value is -1.54. The molecule has 0 aliphatic rings. The van der Waals surface area contributed by atoms with E-state index in [-0.39, 0.29) is 5.69 Å². The van der Waals surface area contributed by atoms with Crippen LogP contribution in [0.1, 0.15) is 5.56 Å². The van der Waals surface area contributed by atoms with Gasteiger partial charge in [0.2, 0.25) is 0 Å². The summed E-state index contributed by atoms with van der Waals surface area (Å²) in [6.07, 6.45) is 0. The molecular weight excluding hydrogens is 225 g/mol. The van der Waals surface area contributed by atoms with Crippen LogP contribution in [-0.4, -0.2) is 0 Å². The molecule has 0 aliphatic carbocycles. The number of aryl methyl sites for hydroxylation is 1. The first-order valence-corrected chi connectivity index (χ1v) is 5.27. The molecule has 1 nitrogen and oxygen atoms in total. The molecule has 0 spiro atoms. The summed E-state index contributed by atoms with van der Waals surface area (Å²) in [5.41, 5.74) is 8.23. The molecule has 2 aromatic rings. The van der Waals surface area contributed by atoms with Crippen LogP contribution >= 0.6 is 11.6 Å². The van der Waals surface area contributed by atoms with Crippen LogP contribution in [0.4, 0.5) is 10.1 Å². The fraction of sp³-hybridized carbons (Fsp3) is 0.0769. The van der Waals surface area contributed by atoms with Crippen LogP contribution in [0, 0.1) is 12.7 Å². The highest BCUT2D eigenvalue weighted by molar-refractivity contribution is 6.31. The Kier molecular flexibility index (Phi) is 2.84. The second kappa shape index (κ2) is 4.14. The van der Waals surface area contributed by atoms with Crippen LogP contribution in [0.25, 0.3) is 11.1 Å². The van der Waals surface area contributed by atoms with E-state index >= 15 is 0 Å². The minimum absolute atomic E-state index is 0.155. The van der Waals surface area contributed by atoms with Crippen LogP contribution in [0.5, 0.6) is 0 Å². The van der Waals surface area contributed by atoms with Crippen molar-refractivity contribution in [3.05, 3.63) is 52.8 Å². The van der Waals surface area contributed by atoms with Gasteiger partial charge in [-0.2, -0.15) is 0 Å². The molecule has 2 rings (SSSR count). The molecule has 2 aromatic carbocycles. The van der Waals surface area contributed by atoms with Crippen molar-refractivity contribution in [3.8, 4) is 11.1 Å². The summed E-state index contributed by atoms with van der Waals surface area (Å²) in [5, 5.41) is 0.676. The summed E-state index contributed by atoms with van der Waals surface area (Å²) in [7, 11) is 0. The zero-order chi connectivity index (χ0) is 11.7. The summed E-state index contributed by atoms with van der Waals surface area (Å²) in [6, 6.07) is 10.4. The number of anilines is 1. The number of hydrogen-bond acceptors (Lipinski definition) is 1. The summed E-state index contributed by atoms with van der Waals surface area (Å²) in [5.74, 6) is -0.408. The second-order valence-corrected chi connectivity index (χ2v) is 4.11. The van der Waals surface area contributed by atoms with E-state index in [1.54, 1.807) is 12.1 Å². The van der Waals surface area contributed by atoms with E-state index in [9.17, 15) is 4.39 Å². The van der Waals surface area contributed by atoms with E-state index in [0.717, 1.165) is 16.7 Å². The zero-order valence-corrected chi connectivity index (χ0v) is 9.55. The van der Waals surface area contributed by atoms with Gasteiger partial charge in [-0.1, -0.05) is 29.8 Å². The van der Waals surface area contributed by atoms with Crippen molar-refractivity contribution in [2.75, 3.05) is 5.73 Å². The number of nitrogens with two attached hydrogens (primary N) is 1. The monoisotopic (exact) mass is 235 g/mol. The number of halogens is 2. The number of nitrogen functional groups attached to an aromatic ring is 1. The molecule has 0 saturated heterocycles. The van der Waals surface area contributed by atoms with Gasteiger partial charge < -0.3 is 5.73 Å². The van der Waals surface area contributed by atoms with Crippen molar-refractivity contribution in [2.45, 2.75) is 6.92 Å². The highest BCUT2D eigenvalue weighted by Gasteiger charge is 2.04.